The van der Waals surface area contributed by atoms with Crippen LogP contribution in [0.5, 0.6) is 0 Å². The Morgan fingerprint density at radius 3 is 2.61 bits per heavy atom. The first-order valence-electron chi connectivity index (χ1n) is 5.42. The van der Waals surface area contributed by atoms with E-state index in [1.807, 2.05) is 18.2 Å². The number of hydrogen-bond acceptors (Lipinski definition) is 3. The van der Waals surface area contributed by atoms with Crippen molar-refractivity contribution in [2.45, 2.75) is 12.6 Å². The van der Waals surface area contributed by atoms with Crippen LogP contribution in [0.15, 0.2) is 46.3 Å². The van der Waals surface area contributed by atoms with Crippen LogP contribution in [0.4, 0.5) is 0 Å². The Morgan fingerprint density at radius 2 is 2.00 bits per heavy atom. The monoisotopic (exact) mass is 325 g/mol. The van der Waals surface area contributed by atoms with Gasteiger partial charge >= 0.3 is 0 Å². The van der Waals surface area contributed by atoms with Gasteiger partial charge in [0.15, 0.2) is 6.10 Å². The zero-order chi connectivity index (χ0) is 13.0. The van der Waals surface area contributed by atoms with Gasteiger partial charge in [0.2, 0.25) is 0 Å². The quantitative estimate of drug-likeness (QED) is 0.908. The molecule has 5 heteroatoms. The Morgan fingerprint density at radius 1 is 1.28 bits per heavy atom. The van der Waals surface area contributed by atoms with Gasteiger partial charge in [0.05, 0.1) is 10.3 Å². The number of halogens is 1. The second-order valence-corrected chi connectivity index (χ2v) is 6.28. The zero-order valence-corrected chi connectivity index (χ0v) is 11.9. The molecule has 0 fully saturated rings. The predicted octanol–water partition coefficient (Wildman–Crippen LogP) is 2.86. The molecular formula is C13H12BrNO2S. The van der Waals surface area contributed by atoms with Gasteiger partial charge in [0.1, 0.15) is 0 Å². The number of carbonyl (C=O) groups excluding carboxylic acids is 1. The number of nitrogens with one attached hydrogen (secondary N) is 1. The lowest BCUT2D eigenvalue weighted by molar-refractivity contribution is -0.129. The van der Waals surface area contributed by atoms with E-state index >= 15 is 0 Å². The molecule has 1 amide bonds. The summed E-state index contributed by atoms with van der Waals surface area (Å²) < 4.78 is 1.02. The van der Waals surface area contributed by atoms with Crippen molar-refractivity contribution in [1.29, 1.82) is 0 Å². The summed E-state index contributed by atoms with van der Waals surface area (Å²) in [4.78, 5) is 12.8. The third-order valence-corrected chi connectivity index (χ3v) is 4.05. The first-order valence-corrected chi connectivity index (χ1v) is 7.02. The van der Waals surface area contributed by atoms with Crippen LogP contribution in [-0.4, -0.2) is 11.0 Å². The highest BCUT2D eigenvalue weighted by molar-refractivity contribution is 9.11. The number of carbonyl (C=O) groups is 1. The van der Waals surface area contributed by atoms with E-state index in [2.05, 4.69) is 21.2 Å². The Labute approximate surface area is 118 Å². The molecule has 2 rings (SSSR count). The maximum absolute atomic E-state index is 11.8. The molecule has 1 aromatic carbocycles. The minimum absolute atomic E-state index is 0.384. The van der Waals surface area contributed by atoms with E-state index in [1.54, 1.807) is 35.6 Å². The highest BCUT2D eigenvalue weighted by Gasteiger charge is 2.16. The Bertz CT molecular complexity index is 527. The first kappa shape index (κ1) is 13.3. The fourth-order valence-electron chi connectivity index (χ4n) is 1.50. The number of amides is 1. The zero-order valence-electron chi connectivity index (χ0n) is 9.47. The molecule has 0 aliphatic rings. The van der Waals surface area contributed by atoms with Gasteiger partial charge in [-0.1, -0.05) is 30.3 Å². The average Bonchev–Trinajstić information content (AvgIpc) is 2.82. The van der Waals surface area contributed by atoms with E-state index in [4.69, 9.17) is 0 Å². The minimum Gasteiger partial charge on any atom is -0.378 e. The molecule has 1 heterocycles. The van der Waals surface area contributed by atoms with Gasteiger partial charge < -0.3 is 10.4 Å². The fraction of sp³-hybridized carbons (Fsp3) is 0.154. The van der Waals surface area contributed by atoms with E-state index in [0.29, 0.717) is 12.1 Å². The molecule has 0 saturated carbocycles. The summed E-state index contributed by atoms with van der Waals surface area (Å²) in [7, 11) is 0. The number of aliphatic hydroxyl groups excluding tert-OH is 1. The molecule has 1 aromatic heterocycles. The number of hydrogen-bond donors (Lipinski definition) is 2. The average molecular weight is 326 g/mol. The maximum atomic E-state index is 11.8. The molecule has 0 aliphatic carbocycles. The topological polar surface area (TPSA) is 49.3 Å². The van der Waals surface area contributed by atoms with Crippen LogP contribution in [0.2, 0.25) is 0 Å². The molecule has 0 saturated heterocycles. The summed E-state index contributed by atoms with van der Waals surface area (Å²) in [6, 6.07) is 12.8. The second kappa shape index (κ2) is 6.13. The molecule has 0 radical (unpaired) electrons. The molecule has 2 N–H and O–H groups in total. The van der Waals surface area contributed by atoms with Crippen molar-refractivity contribution in [2.24, 2.45) is 0 Å². The largest absolute Gasteiger partial charge is 0.378 e. The van der Waals surface area contributed by atoms with E-state index in [1.165, 1.54) is 0 Å². The molecular weight excluding hydrogens is 314 g/mol. The van der Waals surface area contributed by atoms with Crippen molar-refractivity contribution in [3.63, 3.8) is 0 Å². The van der Waals surface area contributed by atoms with Gasteiger partial charge in [0, 0.05) is 4.88 Å². The van der Waals surface area contributed by atoms with E-state index in [9.17, 15) is 9.90 Å². The number of aliphatic hydroxyl groups is 1. The van der Waals surface area contributed by atoms with Crippen molar-refractivity contribution in [3.8, 4) is 0 Å². The highest BCUT2D eigenvalue weighted by atomic mass is 79.9. The minimum atomic E-state index is -1.12. The maximum Gasteiger partial charge on any atom is 0.253 e. The molecule has 0 bridgehead atoms. The molecule has 18 heavy (non-hydrogen) atoms. The Hall–Kier alpha value is -1.17. The summed E-state index contributed by atoms with van der Waals surface area (Å²) in [6.45, 7) is 0.430. The van der Waals surface area contributed by atoms with Gasteiger partial charge in [-0.25, -0.2) is 0 Å². The van der Waals surface area contributed by atoms with Crippen LogP contribution in [0.25, 0.3) is 0 Å². The summed E-state index contributed by atoms with van der Waals surface area (Å²) in [5.74, 6) is -0.384. The Kier molecular flexibility index (Phi) is 4.52. The smallest absolute Gasteiger partial charge is 0.253 e. The predicted molar refractivity (Wildman–Crippen MR) is 75.3 cm³/mol. The molecule has 0 spiro atoms. The summed E-state index contributed by atoms with van der Waals surface area (Å²) in [5.41, 5.74) is 0.599. The third kappa shape index (κ3) is 3.41. The number of rotatable bonds is 4. The highest BCUT2D eigenvalue weighted by Crippen LogP contribution is 2.22. The lowest BCUT2D eigenvalue weighted by Gasteiger charge is -2.10. The summed E-state index contributed by atoms with van der Waals surface area (Å²) in [6.07, 6.45) is -1.12. The van der Waals surface area contributed by atoms with Crippen LogP contribution in [0.1, 0.15) is 16.5 Å². The fourth-order valence-corrected chi connectivity index (χ4v) is 2.93. The van der Waals surface area contributed by atoms with Gasteiger partial charge in [0.25, 0.3) is 5.91 Å². The van der Waals surface area contributed by atoms with Crippen molar-refractivity contribution in [1.82, 2.24) is 5.32 Å². The lowest BCUT2D eigenvalue weighted by Crippen LogP contribution is -2.28. The molecule has 2 aromatic rings. The molecule has 3 nitrogen and oxygen atoms in total. The third-order valence-electron chi connectivity index (χ3n) is 2.43. The first-order chi connectivity index (χ1) is 8.66. The number of benzene rings is 1. The Balaban J connectivity index is 1.92. The van der Waals surface area contributed by atoms with E-state index in [-0.39, 0.29) is 5.91 Å². The van der Waals surface area contributed by atoms with E-state index in [0.717, 1.165) is 8.66 Å². The van der Waals surface area contributed by atoms with Crippen molar-refractivity contribution in [3.05, 3.63) is 56.7 Å². The van der Waals surface area contributed by atoms with Gasteiger partial charge in [-0.15, -0.1) is 11.3 Å². The number of thiophene rings is 1. The van der Waals surface area contributed by atoms with Crippen LogP contribution in [0, 0.1) is 0 Å². The normalized spacial score (nSPS) is 12.1. The van der Waals surface area contributed by atoms with Crippen LogP contribution in [-0.2, 0) is 11.3 Å². The van der Waals surface area contributed by atoms with Crippen LogP contribution < -0.4 is 5.32 Å². The molecule has 94 valence electrons. The van der Waals surface area contributed by atoms with E-state index < -0.39 is 6.10 Å². The standard InChI is InChI=1S/C13H12BrNO2S/c14-11-7-6-10(18-11)8-15-13(17)12(16)9-4-2-1-3-5-9/h1-7,12,16H,8H2,(H,15,17). The van der Waals surface area contributed by atoms with Crippen molar-refractivity contribution < 1.29 is 9.90 Å². The summed E-state index contributed by atoms with van der Waals surface area (Å²) in [5, 5.41) is 12.6. The summed E-state index contributed by atoms with van der Waals surface area (Å²) >= 11 is 4.92. The van der Waals surface area contributed by atoms with Crippen LogP contribution in [0.3, 0.4) is 0 Å². The molecule has 1 unspecified atom stereocenters. The van der Waals surface area contributed by atoms with Gasteiger partial charge in [-0.3, -0.25) is 4.79 Å². The van der Waals surface area contributed by atoms with Crippen LogP contribution >= 0.6 is 27.3 Å². The SMILES string of the molecule is O=C(NCc1ccc(Br)s1)C(O)c1ccccc1. The van der Waals surface area contributed by atoms with Gasteiger partial charge in [-0.05, 0) is 33.6 Å². The molecule has 0 aliphatic heterocycles. The lowest BCUT2D eigenvalue weighted by atomic mass is 10.1. The van der Waals surface area contributed by atoms with Crippen molar-refractivity contribution in [2.75, 3.05) is 0 Å². The second-order valence-electron chi connectivity index (χ2n) is 3.74. The molecule has 1 atom stereocenters. The van der Waals surface area contributed by atoms with Crippen molar-refractivity contribution >= 4 is 33.2 Å². The van der Waals surface area contributed by atoms with Gasteiger partial charge in [-0.2, -0.15) is 0 Å².